The van der Waals surface area contributed by atoms with Crippen molar-refractivity contribution in [1.29, 1.82) is 0 Å². The third kappa shape index (κ3) is 3.90. The van der Waals surface area contributed by atoms with Gasteiger partial charge in [0.2, 0.25) is 0 Å². The van der Waals surface area contributed by atoms with Crippen LogP contribution >= 0.6 is 0 Å². The van der Waals surface area contributed by atoms with E-state index in [-0.39, 0.29) is 12.3 Å². The van der Waals surface area contributed by atoms with E-state index < -0.39 is 20.6 Å². The molecule has 2 atom stereocenters. The van der Waals surface area contributed by atoms with Crippen LogP contribution in [0, 0.1) is 5.92 Å². The van der Waals surface area contributed by atoms with Gasteiger partial charge >= 0.3 is 5.97 Å². The van der Waals surface area contributed by atoms with Crippen molar-refractivity contribution in [2.75, 3.05) is 13.7 Å². The third-order valence-electron chi connectivity index (χ3n) is 5.63. The summed E-state index contributed by atoms with van der Waals surface area (Å²) in [5.41, 5.74) is 0.732. The van der Waals surface area contributed by atoms with Crippen LogP contribution in [0.25, 0.3) is 0 Å². The fourth-order valence-corrected chi connectivity index (χ4v) is 6.17. The molecule has 0 heterocycles. The normalized spacial score (nSPS) is 26.3. The molecule has 3 rings (SSSR count). The van der Waals surface area contributed by atoms with Crippen molar-refractivity contribution >= 4 is 15.8 Å². The van der Waals surface area contributed by atoms with Crippen molar-refractivity contribution in [2.24, 2.45) is 5.92 Å². The number of rotatable bonds is 10. The summed E-state index contributed by atoms with van der Waals surface area (Å²) in [5, 5.41) is 9.01. The summed E-state index contributed by atoms with van der Waals surface area (Å²) in [5.74, 6) is 0.375. The molecule has 3 aliphatic carbocycles. The molecule has 154 valence electrons. The molecule has 0 aromatic rings. The highest BCUT2D eigenvalue weighted by Crippen LogP contribution is 2.60. The molecule has 0 radical (unpaired) electrons. The Morgan fingerprint density at radius 3 is 2.71 bits per heavy atom. The molecule has 7 heteroatoms. The van der Waals surface area contributed by atoms with Crippen LogP contribution in [-0.4, -0.2) is 38.0 Å². The Kier molecular flexibility index (Phi) is 6.03. The van der Waals surface area contributed by atoms with Crippen LogP contribution in [0.2, 0.25) is 0 Å². The Labute approximate surface area is 166 Å². The SMILES string of the molecule is CCCCOC1=CC(CCC(=O)O)=CC2(S(=O)(=O)C3=CC=C(OC)CC3)CC12. The van der Waals surface area contributed by atoms with E-state index >= 15 is 0 Å². The zero-order chi connectivity index (χ0) is 20.4. The number of fused-ring (bicyclic) bond motifs is 1. The molecule has 0 spiro atoms. The first-order chi connectivity index (χ1) is 13.3. The van der Waals surface area contributed by atoms with Crippen molar-refractivity contribution in [3.63, 3.8) is 0 Å². The molecule has 0 bridgehead atoms. The van der Waals surface area contributed by atoms with E-state index in [1.807, 2.05) is 6.08 Å². The van der Waals surface area contributed by atoms with Gasteiger partial charge in [0.25, 0.3) is 0 Å². The van der Waals surface area contributed by atoms with Gasteiger partial charge in [0.1, 0.15) is 10.5 Å². The summed E-state index contributed by atoms with van der Waals surface area (Å²) >= 11 is 0. The highest BCUT2D eigenvalue weighted by molar-refractivity contribution is 7.97. The van der Waals surface area contributed by atoms with Crippen molar-refractivity contribution < 1.29 is 27.8 Å². The summed E-state index contributed by atoms with van der Waals surface area (Å²) < 4.78 is 37.1. The van der Waals surface area contributed by atoms with Crippen LogP contribution in [0.3, 0.4) is 0 Å². The van der Waals surface area contributed by atoms with Gasteiger partial charge in [0.15, 0.2) is 9.84 Å². The van der Waals surface area contributed by atoms with E-state index in [1.54, 1.807) is 25.3 Å². The Morgan fingerprint density at radius 1 is 1.32 bits per heavy atom. The molecule has 0 aromatic carbocycles. The minimum atomic E-state index is -3.56. The molecule has 3 aliphatic rings. The monoisotopic (exact) mass is 408 g/mol. The molecule has 0 saturated heterocycles. The van der Waals surface area contributed by atoms with Gasteiger partial charge in [0, 0.05) is 23.7 Å². The second-order valence-corrected chi connectivity index (χ2v) is 9.84. The van der Waals surface area contributed by atoms with Gasteiger partial charge in [-0.2, -0.15) is 0 Å². The fourth-order valence-electron chi connectivity index (χ4n) is 3.88. The predicted octanol–water partition coefficient (Wildman–Crippen LogP) is 3.87. The lowest BCUT2D eigenvalue weighted by atomic mass is 10.0. The lowest BCUT2D eigenvalue weighted by molar-refractivity contribution is -0.136. The van der Waals surface area contributed by atoms with E-state index in [0.29, 0.717) is 43.0 Å². The largest absolute Gasteiger partial charge is 0.501 e. The molecule has 1 saturated carbocycles. The maximum atomic E-state index is 13.5. The average Bonchev–Trinajstić information content (AvgIpc) is 3.43. The van der Waals surface area contributed by atoms with Gasteiger partial charge < -0.3 is 14.6 Å². The van der Waals surface area contributed by atoms with E-state index in [0.717, 1.165) is 24.2 Å². The highest BCUT2D eigenvalue weighted by atomic mass is 32.2. The Morgan fingerprint density at radius 2 is 2.11 bits per heavy atom. The molecule has 0 aromatic heterocycles. The van der Waals surface area contributed by atoms with Crippen LogP contribution < -0.4 is 0 Å². The number of hydrogen-bond donors (Lipinski definition) is 1. The summed E-state index contributed by atoms with van der Waals surface area (Å²) in [4.78, 5) is 11.4. The van der Waals surface area contributed by atoms with Gasteiger partial charge in [-0.25, -0.2) is 8.42 Å². The van der Waals surface area contributed by atoms with E-state index in [9.17, 15) is 13.2 Å². The number of unbranched alkanes of at least 4 members (excludes halogenated alkanes) is 1. The molecule has 2 unspecified atom stereocenters. The van der Waals surface area contributed by atoms with Crippen LogP contribution in [0.5, 0.6) is 0 Å². The Balaban J connectivity index is 1.89. The number of allylic oxidation sites excluding steroid dienone is 7. The number of sulfone groups is 1. The number of carboxylic acids is 1. The summed E-state index contributed by atoms with van der Waals surface area (Å²) in [7, 11) is -1.98. The number of hydrogen-bond acceptors (Lipinski definition) is 5. The van der Waals surface area contributed by atoms with Crippen LogP contribution in [0.4, 0.5) is 0 Å². The topological polar surface area (TPSA) is 89.9 Å². The summed E-state index contributed by atoms with van der Waals surface area (Å²) in [6.07, 6.45) is 10.6. The zero-order valence-electron chi connectivity index (χ0n) is 16.4. The summed E-state index contributed by atoms with van der Waals surface area (Å²) in [6.45, 7) is 2.61. The molecular weight excluding hydrogens is 380 g/mol. The third-order valence-corrected chi connectivity index (χ3v) is 8.23. The van der Waals surface area contributed by atoms with E-state index in [4.69, 9.17) is 14.6 Å². The van der Waals surface area contributed by atoms with Crippen LogP contribution in [-0.2, 0) is 24.1 Å². The number of methoxy groups -OCH3 is 1. The van der Waals surface area contributed by atoms with Gasteiger partial charge in [-0.05, 0) is 49.5 Å². The van der Waals surface area contributed by atoms with Crippen molar-refractivity contribution in [3.05, 3.63) is 46.3 Å². The predicted molar refractivity (Wildman–Crippen MR) is 106 cm³/mol. The van der Waals surface area contributed by atoms with Gasteiger partial charge in [-0.15, -0.1) is 0 Å². The molecule has 28 heavy (non-hydrogen) atoms. The van der Waals surface area contributed by atoms with E-state index in [1.165, 1.54) is 0 Å². The Hall–Kier alpha value is -2.02. The average molecular weight is 409 g/mol. The quantitative estimate of drug-likeness (QED) is 0.552. The Bertz CT molecular complexity index is 861. The van der Waals surface area contributed by atoms with Crippen molar-refractivity contribution in [3.8, 4) is 0 Å². The number of carbonyl (C=O) groups is 1. The smallest absolute Gasteiger partial charge is 0.303 e. The molecule has 6 nitrogen and oxygen atoms in total. The zero-order valence-corrected chi connectivity index (χ0v) is 17.3. The minimum absolute atomic E-state index is 0.0337. The standard InChI is InChI=1S/C21H28O6S/c1-3-4-11-27-19-12-15(5-10-20(22)23)13-21(14-18(19)21)28(24,25)17-8-6-16(26-2)7-9-17/h6,8,12-13,18H,3-5,7,9-11,14H2,1-2H3,(H,22,23). The first-order valence-electron chi connectivity index (χ1n) is 9.80. The molecule has 0 amide bonds. The highest BCUT2D eigenvalue weighted by Gasteiger charge is 2.66. The lowest BCUT2D eigenvalue weighted by Gasteiger charge is -2.24. The van der Waals surface area contributed by atoms with E-state index in [2.05, 4.69) is 6.92 Å². The second-order valence-electron chi connectivity index (χ2n) is 7.55. The molecule has 0 aliphatic heterocycles. The van der Waals surface area contributed by atoms with Crippen LogP contribution in [0.15, 0.2) is 46.3 Å². The van der Waals surface area contributed by atoms with Crippen LogP contribution in [0.1, 0.15) is 51.9 Å². The molecule has 1 fully saturated rings. The summed E-state index contributed by atoms with van der Waals surface area (Å²) in [6, 6.07) is 0. The van der Waals surface area contributed by atoms with Gasteiger partial charge in [-0.3, -0.25) is 4.79 Å². The second kappa shape index (κ2) is 8.15. The number of carboxylic acid groups (broad SMARTS) is 1. The number of ether oxygens (including phenoxy) is 2. The van der Waals surface area contributed by atoms with Crippen molar-refractivity contribution in [1.82, 2.24) is 0 Å². The lowest BCUT2D eigenvalue weighted by Crippen LogP contribution is -2.29. The minimum Gasteiger partial charge on any atom is -0.501 e. The van der Waals surface area contributed by atoms with Gasteiger partial charge in [-0.1, -0.05) is 19.4 Å². The number of aliphatic carboxylic acids is 1. The first-order valence-corrected chi connectivity index (χ1v) is 11.3. The molecular formula is C21H28O6S. The first kappa shape index (κ1) is 20.7. The maximum Gasteiger partial charge on any atom is 0.303 e. The van der Waals surface area contributed by atoms with Crippen molar-refractivity contribution in [2.45, 2.75) is 56.6 Å². The maximum absolute atomic E-state index is 13.5. The fraction of sp³-hybridized carbons (Fsp3) is 0.571. The molecule has 1 N–H and O–H groups in total. The van der Waals surface area contributed by atoms with Gasteiger partial charge in [0.05, 0.1) is 19.5 Å².